The number of benzene rings is 2. The van der Waals surface area contributed by atoms with E-state index < -0.39 is 6.10 Å². The highest BCUT2D eigenvalue weighted by Gasteiger charge is 2.36. The lowest BCUT2D eigenvalue weighted by atomic mass is 10.1. The van der Waals surface area contributed by atoms with E-state index in [1.807, 2.05) is 35.2 Å². The van der Waals surface area contributed by atoms with E-state index in [2.05, 4.69) is 0 Å². The molecule has 0 radical (unpaired) electrons. The Labute approximate surface area is 187 Å². The van der Waals surface area contributed by atoms with Gasteiger partial charge in [-0.3, -0.25) is 14.4 Å². The number of piperidine rings is 1. The minimum Gasteiger partial charge on any atom is -0.476 e. The molecule has 2 saturated heterocycles. The van der Waals surface area contributed by atoms with Crippen molar-refractivity contribution in [2.75, 3.05) is 36.0 Å². The number of para-hydroxylation sites is 2. The van der Waals surface area contributed by atoms with Crippen molar-refractivity contribution in [2.45, 2.75) is 38.2 Å². The van der Waals surface area contributed by atoms with Crippen LogP contribution >= 0.6 is 0 Å². The Bertz CT molecular complexity index is 1030. The van der Waals surface area contributed by atoms with E-state index in [1.165, 1.54) is 0 Å². The minimum atomic E-state index is -0.714. The highest BCUT2D eigenvalue weighted by molar-refractivity contribution is 6.08. The summed E-state index contributed by atoms with van der Waals surface area (Å²) in [6.07, 6.45) is 3.86. The molecule has 32 heavy (non-hydrogen) atoms. The molecule has 2 fully saturated rings. The van der Waals surface area contributed by atoms with Crippen LogP contribution in [0.2, 0.25) is 0 Å². The fourth-order valence-corrected chi connectivity index (χ4v) is 4.73. The molecule has 3 aliphatic rings. The lowest BCUT2D eigenvalue weighted by Crippen LogP contribution is -2.52. The number of hydrogen-bond donors (Lipinski definition) is 0. The summed E-state index contributed by atoms with van der Waals surface area (Å²) >= 11 is 0. The second-order valence-corrected chi connectivity index (χ2v) is 8.57. The first-order valence-corrected chi connectivity index (χ1v) is 11.4. The molecular formula is C25H27N3O4. The standard InChI is InChI=1S/C25H27N3O4/c29-23-9-6-16-27(23)19-12-10-18(11-13-19)24(30)28-17-22(25(31)26-14-4-1-5-15-26)32-21-8-3-2-7-20(21)28/h2-3,7-8,10-13,22H,1,4-6,9,14-17H2/t22-/m0/s1. The Kier molecular flexibility index (Phi) is 5.55. The van der Waals surface area contributed by atoms with Crippen molar-refractivity contribution >= 4 is 29.1 Å². The van der Waals surface area contributed by atoms with E-state index in [0.717, 1.165) is 44.5 Å². The summed E-state index contributed by atoms with van der Waals surface area (Å²) in [5.74, 6) is 0.420. The second kappa shape index (κ2) is 8.65. The Morgan fingerprint density at radius 3 is 2.34 bits per heavy atom. The third-order valence-electron chi connectivity index (χ3n) is 6.46. The maximum absolute atomic E-state index is 13.5. The fraction of sp³-hybridized carbons (Fsp3) is 0.400. The summed E-state index contributed by atoms with van der Waals surface area (Å²) in [6.45, 7) is 2.37. The third-order valence-corrected chi connectivity index (χ3v) is 6.46. The maximum atomic E-state index is 13.5. The molecule has 0 saturated carbocycles. The highest BCUT2D eigenvalue weighted by atomic mass is 16.5. The van der Waals surface area contributed by atoms with Crippen LogP contribution in [0.5, 0.6) is 5.75 Å². The van der Waals surface area contributed by atoms with E-state index in [0.29, 0.717) is 30.0 Å². The van der Waals surface area contributed by atoms with E-state index in [-0.39, 0.29) is 24.3 Å². The predicted octanol–water partition coefficient (Wildman–Crippen LogP) is 3.23. The summed E-state index contributed by atoms with van der Waals surface area (Å²) in [5, 5.41) is 0. The summed E-state index contributed by atoms with van der Waals surface area (Å²) < 4.78 is 6.03. The van der Waals surface area contributed by atoms with Gasteiger partial charge in [0.25, 0.3) is 11.8 Å². The van der Waals surface area contributed by atoms with Crippen molar-refractivity contribution in [3.05, 3.63) is 54.1 Å². The first kappa shape index (κ1) is 20.5. The molecule has 0 N–H and O–H groups in total. The lowest BCUT2D eigenvalue weighted by molar-refractivity contribution is -0.139. The zero-order chi connectivity index (χ0) is 22.1. The summed E-state index contributed by atoms with van der Waals surface area (Å²) in [4.78, 5) is 43.8. The van der Waals surface area contributed by atoms with Crippen LogP contribution < -0.4 is 14.5 Å². The van der Waals surface area contributed by atoms with E-state index in [1.54, 1.807) is 28.0 Å². The predicted molar refractivity (Wildman–Crippen MR) is 121 cm³/mol. The van der Waals surface area contributed by atoms with Crippen molar-refractivity contribution in [3.8, 4) is 5.75 Å². The first-order chi connectivity index (χ1) is 15.6. The molecule has 0 aliphatic carbocycles. The van der Waals surface area contributed by atoms with Gasteiger partial charge >= 0.3 is 0 Å². The average Bonchev–Trinajstić information content (AvgIpc) is 3.29. The van der Waals surface area contributed by atoms with Crippen LogP contribution in [0.3, 0.4) is 0 Å². The normalized spacial score (nSPS) is 20.7. The third kappa shape index (κ3) is 3.83. The van der Waals surface area contributed by atoms with Crippen LogP contribution in [-0.4, -0.2) is 54.9 Å². The molecule has 3 aliphatic heterocycles. The van der Waals surface area contributed by atoms with Crippen molar-refractivity contribution in [1.82, 2.24) is 4.90 Å². The largest absolute Gasteiger partial charge is 0.476 e. The van der Waals surface area contributed by atoms with Gasteiger partial charge in [0.1, 0.15) is 5.75 Å². The van der Waals surface area contributed by atoms with Crippen LogP contribution in [-0.2, 0) is 9.59 Å². The van der Waals surface area contributed by atoms with E-state index in [9.17, 15) is 14.4 Å². The van der Waals surface area contributed by atoms with Crippen LogP contribution in [0, 0.1) is 0 Å². The molecule has 0 bridgehead atoms. The number of amides is 3. The van der Waals surface area contributed by atoms with Gasteiger partial charge in [0, 0.05) is 37.3 Å². The Morgan fingerprint density at radius 2 is 1.62 bits per heavy atom. The van der Waals surface area contributed by atoms with Crippen LogP contribution in [0.1, 0.15) is 42.5 Å². The number of likely N-dealkylation sites (tertiary alicyclic amines) is 1. The van der Waals surface area contributed by atoms with Crippen molar-refractivity contribution in [2.24, 2.45) is 0 Å². The van der Waals surface area contributed by atoms with Gasteiger partial charge in [-0.25, -0.2) is 0 Å². The molecule has 3 amide bonds. The minimum absolute atomic E-state index is 0.0557. The number of nitrogens with zero attached hydrogens (tertiary/aromatic N) is 3. The lowest BCUT2D eigenvalue weighted by Gasteiger charge is -2.37. The summed E-state index contributed by atoms with van der Waals surface area (Å²) in [5.41, 5.74) is 1.99. The van der Waals surface area contributed by atoms with Gasteiger partial charge in [0.2, 0.25) is 5.91 Å². The van der Waals surface area contributed by atoms with Gasteiger partial charge in [-0.15, -0.1) is 0 Å². The summed E-state index contributed by atoms with van der Waals surface area (Å²) in [7, 11) is 0. The number of hydrogen-bond acceptors (Lipinski definition) is 4. The molecule has 2 aromatic rings. The monoisotopic (exact) mass is 433 g/mol. The Hall–Kier alpha value is -3.35. The fourth-order valence-electron chi connectivity index (χ4n) is 4.73. The number of rotatable bonds is 3. The zero-order valence-electron chi connectivity index (χ0n) is 18.0. The molecule has 0 aromatic heterocycles. The van der Waals surface area contributed by atoms with Gasteiger partial charge in [0.15, 0.2) is 6.10 Å². The van der Waals surface area contributed by atoms with Crippen LogP contribution in [0.4, 0.5) is 11.4 Å². The topological polar surface area (TPSA) is 70.2 Å². The Morgan fingerprint density at radius 1 is 0.875 bits per heavy atom. The molecule has 2 aromatic carbocycles. The molecule has 0 spiro atoms. The van der Waals surface area contributed by atoms with E-state index >= 15 is 0 Å². The van der Waals surface area contributed by atoms with Crippen molar-refractivity contribution in [3.63, 3.8) is 0 Å². The summed E-state index contributed by atoms with van der Waals surface area (Å²) in [6, 6.07) is 14.5. The molecule has 1 atom stereocenters. The second-order valence-electron chi connectivity index (χ2n) is 8.57. The SMILES string of the molecule is O=C([C@@H]1CN(C(=O)c2ccc(N3CCCC3=O)cc2)c2ccccc2O1)N1CCCCC1. The quantitative estimate of drug-likeness (QED) is 0.745. The number of fused-ring (bicyclic) bond motifs is 1. The smallest absolute Gasteiger partial charge is 0.265 e. The van der Waals surface area contributed by atoms with Gasteiger partial charge in [-0.2, -0.15) is 0 Å². The molecule has 7 heteroatoms. The number of anilines is 2. The van der Waals surface area contributed by atoms with Crippen LogP contribution in [0.15, 0.2) is 48.5 Å². The highest BCUT2D eigenvalue weighted by Crippen LogP contribution is 2.35. The molecule has 3 heterocycles. The van der Waals surface area contributed by atoms with E-state index in [4.69, 9.17) is 4.74 Å². The molecule has 7 nitrogen and oxygen atoms in total. The zero-order valence-corrected chi connectivity index (χ0v) is 18.0. The number of ether oxygens (including phenoxy) is 1. The first-order valence-electron chi connectivity index (χ1n) is 11.4. The molecular weight excluding hydrogens is 406 g/mol. The number of carbonyl (C=O) groups excluding carboxylic acids is 3. The average molecular weight is 434 g/mol. The van der Waals surface area contributed by atoms with Gasteiger partial charge in [0.05, 0.1) is 12.2 Å². The van der Waals surface area contributed by atoms with Crippen molar-refractivity contribution < 1.29 is 19.1 Å². The van der Waals surface area contributed by atoms with Crippen molar-refractivity contribution in [1.29, 1.82) is 0 Å². The van der Waals surface area contributed by atoms with Gasteiger partial charge < -0.3 is 19.4 Å². The van der Waals surface area contributed by atoms with Gasteiger partial charge in [-0.1, -0.05) is 12.1 Å². The molecule has 5 rings (SSSR count). The number of carbonyl (C=O) groups is 3. The Balaban J connectivity index is 1.39. The van der Waals surface area contributed by atoms with Gasteiger partial charge in [-0.05, 0) is 62.1 Å². The molecule has 0 unspecified atom stereocenters. The maximum Gasteiger partial charge on any atom is 0.265 e. The molecule has 166 valence electrons. The van der Waals surface area contributed by atoms with Crippen LogP contribution in [0.25, 0.3) is 0 Å².